The number of nitriles is 1. The fourth-order valence-corrected chi connectivity index (χ4v) is 3.38. The number of carbonyl (C=O) groups excluding carboxylic acids is 2. The Morgan fingerprint density at radius 2 is 2.14 bits per heavy atom. The normalized spacial score (nSPS) is 15.5. The van der Waals surface area contributed by atoms with E-state index < -0.39 is 0 Å². The van der Waals surface area contributed by atoms with Gasteiger partial charge in [-0.1, -0.05) is 12.1 Å². The predicted molar refractivity (Wildman–Crippen MR) is 86.0 cm³/mol. The molecule has 1 fully saturated rings. The van der Waals surface area contributed by atoms with Gasteiger partial charge in [-0.3, -0.25) is 9.59 Å². The summed E-state index contributed by atoms with van der Waals surface area (Å²) in [6, 6.07) is 9.25. The largest absolute Gasteiger partial charge is 0.335 e. The summed E-state index contributed by atoms with van der Waals surface area (Å²) in [4.78, 5) is 27.5. The zero-order valence-corrected chi connectivity index (χ0v) is 13.6. The summed E-state index contributed by atoms with van der Waals surface area (Å²) in [6.45, 7) is 4.61. The zero-order valence-electron chi connectivity index (χ0n) is 12.8. The molecule has 1 atom stereocenters. The van der Waals surface area contributed by atoms with E-state index in [0.717, 1.165) is 5.56 Å². The van der Waals surface area contributed by atoms with E-state index in [4.69, 9.17) is 5.26 Å². The van der Waals surface area contributed by atoms with Crippen molar-refractivity contribution in [3.05, 3.63) is 35.4 Å². The van der Waals surface area contributed by atoms with Gasteiger partial charge in [0, 0.05) is 6.54 Å². The minimum atomic E-state index is -0.0874. The molecule has 2 amide bonds. The lowest BCUT2D eigenvalue weighted by Crippen LogP contribution is -2.42. The molecule has 1 aliphatic heterocycles. The molecule has 22 heavy (non-hydrogen) atoms. The van der Waals surface area contributed by atoms with Gasteiger partial charge in [-0.2, -0.15) is 5.26 Å². The Labute approximate surface area is 134 Å². The summed E-state index contributed by atoms with van der Waals surface area (Å²) >= 11 is 1.54. The number of benzene rings is 1. The number of likely N-dealkylation sites (N-methyl/N-ethyl adjacent to an activating group) is 1. The van der Waals surface area contributed by atoms with Crippen LogP contribution in [0, 0.1) is 11.3 Å². The first-order valence-electron chi connectivity index (χ1n) is 7.21. The van der Waals surface area contributed by atoms with Crippen molar-refractivity contribution in [1.29, 1.82) is 5.26 Å². The molecule has 5 nitrogen and oxygen atoms in total. The van der Waals surface area contributed by atoms with Crippen molar-refractivity contribution in [3.8, 4) is 6.07 Å². The molecule has 0 radical (unpaired) electrons. The molecule has 2 rings (SSSR count). The summed E-state index contributed by atoms with van der Waals surface area (Å²) in [6.07, 6.45) is 0. The average molecular weight is 317 g/mol. The molecular weight excluding hydrogens is 298 g/mol. The van der Waals surface area contributed by atoms with Gasteiger partial charge in [0.15, 0.2) is 0 Å². The van der Waals surface area contributed by atoms with Crippen LogP contribution in [0.15, 0.2) is 24.3 Å². The molecule has 0 N–H and O–H groups in total. The number of amides is 2. The number of nitrogens with zero attached hydrogens (tertiary/aromatic N) is 3. The monoisotopic (exact) mass is 317 g/mol. The van der Waals surface area contributed by atoms with Crippen molar-refractivity contribution in [2.45, 2.75) is 19.9 Å². The SMILES string of the molecule is CCN(C(=O)CN1CSCC1=O)C(C)c1ccc(C#N)cc1. The summed E-state index contributed by atoms with van der Waals surface area (Å²) < 4.78 is 0. The Bertz CT molecular complexity index is 594. The molecule has 1 aromatic carbocycles. The zero-order chi connectivity index (χ0) is 16.1. The number of rotatable bonds is 5. The maximum Gasteiger partial charge on any atom is 0.242 e. The van der Waals surface area contributed by atoms with Crippen LogP contribution in [0.1, 0.15) is 31.0 Å². The van der Waals surface area contributed by atoms with Crippen molar-refractivity contribution in [1.82, 2.24) is 9.80 Å². The van der Waals surface area contributed by atoms with E-state index in [-0.39, 0.29) is 24.4 Å². The second-order valence-electron chi connectivity index (χ2n) is 5.16. The quantitative estimate of drug-likeness (QED) is 0.833. The standard InChI is InChI=1S/C16H19N3O2S/c1-3-19(15(20)9-18-11-22-10-16(18)21)12(2)14-6-4-13(8-17)5-7-14/h4-7,12H,3,9-11H2,1-2H3. The Morgan fingerprint density at radius 1 is 1.45 bits per heavy atom. The van der Waals surface area contributed by atoms with Gasteiger partial charge in [0.1, 0.15) is 6.54 Å². The lowest BCUT2D eigenvalue weighted by Gasteiger charge is -2.30. The highest BCUT2D eigenvalue weighted by molar-refractivity contribution is 8.00. The van der Waals surface area contributed by atoms with Gasteiger partial charge < -0.3 is 9.80 Å². The molecule has 1 aromatic rings. The van der Waals surface area contributed by atoms with E-state index in [1.54, 1.807) is 21.9 Å². The number of thioether (sulfide) groups is 1. The third-order valence-electron chi connectivity index (χ3n) is 3.80. The molecule has 1 unspecified atom stereocenters. The smallest absolute Gasteiger partial charge is 0.242 e. The molecular formula is C16H19N3O2S. The molecule has 6 heteroatoms. The highest BCUT2D eigenvalue weighted by atomic mass is 32.2. The van der Waals surface area contributed by atoms with Crippen LogP contribution in [-0.4, -0.2) is 46.3 Å². The van der Waals surface area contributed by atoms with Gasteiger partial charge in [-0.05, 0) is 31.5 Å². The second kappa shape index (κ2) is 7.32. The van der Waals surface area contributed by atoms with Crippen LogP contribution in [0.4, 0.5) is 0 Å². The summed E-state index contributed by atoms with van der Waals surface area (Å²) in [5, 5.41) is 8.84. The lowest BCUT2D eigenvalue weighted by atomic mass is 10.0. The first-order valence-corrected chi connectivity index (χ1v) is 8.37. The van der Waals surface area contributed by atoms with Gasteiger partial charge >= 0.3 is 0 Å². The minimum Gasteiger partial charge on any atom is -0.335 e. The van der Waals surface area contributed by atoms with E-state index in [9.17, 15) is 9.59 Å². The van der Waals surface area contributed by atoms with Gasteiger partial charge in [-0.15, -0.1) is 11.8 Å². The number of hydrogen-bond donors (Lipinski definition) is 0. The van der Waals surface area contributed by atoms with Crippen LogP contribution < -0.4 is 0 Å². The summed E-state index contributed by atoms with van der Waals surface area (Å²) in [5.74, 6) is 1.04. The maximum absolute atomic E-state index is 12.5. The minimum absolute atomic E-state index is 0.0282. The lowest BCUT2D eigenvalue weighted by molar-refractivity contribution is -0.139. The summed E-state index contributed by atoms with van der Waals surface area (Å²) in [5.41, 5.74) is 1.58. The first-order chi connectivity index (χ1) is 10.6. The van der Waals surface area contributed by atoms with Gasteiger partial charge in [0.05, 0.1) is 29.3 Å². The van der Waals surface area contributed by atoms with E-state index in [2.05, 4.69) is 6.07 Å². The Balaban J connectivity index is 2.07. The van der Waals surface area contributed by atoms with Gasteiger partial charge in [-0.25, -0.2) is 0 Å². The van der Waals surface area contributed by atoms with Crippen LogP contribution in [-0.2, 0) is 9.59 Å². The highest BCUT2D eigenvalue weighted by Gasteiger charge is 2.27. The maximum atomic E-state index is 12.5. The molecule has 0 bridgehead atoms. The Hall–Kier alpha value is -2.00. The Kier molecular flexibility index (Phi) is 5.45. The molecule has 0 spiro atoms. The topological polar surface area (TPSA) is 64.4 Å². The van der Waals surface area contributed by atoms with Gasteiger partial charge in [0.2, 0.25) is 11.8 Å². The van der Waals surface area contributed by atoms with Crippen molar-refractivity contribution >= 4 is 23.6 Å². The molecule has 0 saturated carbocycles. The van der Waals surface area contributed by atoms with E-state index in [1.165, 1.54) is 11.8 Å². The molecule has 1 saturated heterocycles. The second-order valence-corrected chi connectivity index (χ2v) is 6.11. The van der Waals surface area contributed by atoms with Crippen LogP contribution in [0.3, 0.4) is 0 Å². The third-order valence-corrected chi connectivity index (χ3v) is 4.75. The van der Waals surface area contributed by atoms with Crippen LogP contribution in [0.5, 0.6) is 0 Å². The molecule has 116 valence electrons. The number of hydrogen-bond acceptors (Lipinski definition) is 4. The van der Waals surface area contributed by atoms with E-state index in [1.807, 2.05) is 26.0 Å². The first kappa shape index (κ1) is 16.4. The van der Waals surface area contributed by atoms with Gasteiger partial charge in [0.25, 0.3) is 0 Å². The van der Waals surface area contributed by atoms with Crippen molar-refractivity contribution in [2.75, 3.05) is 24.7 Å². The van der Waals surface area contributed by atoms with Crippen molar-refractivity contribution < 1.29 is 9.59 Å². The average Bonchev–Trinajstić information content (AvgIpc) is 2.93. The molecule has 1 heterocycles. The molecule has 0 aromatic heterocycles. The number of carbonyl (C=O) groups is 2. The van der Waals surface area contributed by atoms with E-state index in [0.29, 0.717) is 23.7 Å². The van der Waals surface area contributed by atoms with Crippen molar-refractivity contribution in [2.24, 2.45) is 0 Å². The van der Waals surface area contributed by atoms with Crippen molar-refractivity contribution in [3.63, 3.8) is 0 Å². The Morgan fingerprint density at radius 3 is 2.64 bits per heavy atom. The predicted octanol–water partition coefficient (Wildman–Crippen LogP) is 2.00. The van der Waals surface area contributed by atoms with E-state index >= 15 is 0 Å². The third kappa shape index (κ3) is 3.60. The summed E-state index contributed by atoms with van der Waals surface area (Å²) in [7, 11) is 0. The molecule has 0 aliphatic carbocycles. The van der Waals surface area contributed by atoms with Crippen LogP contribution >= 0.6 is 11.8 Å². The molecule has 1 aliphatic rings. The van der Waals surface area contributed by atoms with Crippen LogP contribution in [0.2, 0.25) is 0 Å². The fraction of sp³-hybridized carbons (Fsp3) is 0.438. The highest BCUT2D eigenvalue weighted by Crippen LogP contribution is 2.22. The van der Waals surface area contributed by atoms with Crippen LogP contribution in [0.25, 0.3) is 0 Å². The fourth-order valence-electron chi connectivity index (χ4n) is 2.48.